The van der Waals surface area contributed by atoms with Crippen molar-refractivity contribution in [3.8, 4) is 11.5 Å². The number of hydrogen-bond acceptors (Lipinski definition) is 6. The fourth-order valence-electron chi connectivity index (χ4n) is 2.01. The molecule has 25 heavy (non-hydrogen) atoms. The number of hydrogen-bond donors (Lipinski definition) is 2. The standard InChI is InChI=1S/C17H14N4O3S/c18-17(23)11-3-5-12(6-4-11)19-15(22)10-25-16-8-7-13(20-21-16)14-2-1-9-24-14/h1-9H,10H2,(H2,18,23)(H,19,22). The first-order valence-electron chi connectivity index (χ1n) is 7.32. The van der Waals surface area contributed by atoms with Gasteiger partial charge in [0.2, 0.25) is 11.8 Å². The van der Waals surface area contributed by atoms with Crippen LogP contribution < -0.4 is 11.1 Å². The zero-order valence-corrected chi connectivity index (χ0v) is 13.8. The van der Waals surface area contributed by atoms with Crippen molar-refractivity contribution in [1.29, 1.82) is 0 Å². The van der Waals surface area contributed by atoms with Crippen molar-refractivity contribution < 1.29 is 14.0 Å². The zero-order valence-electron chi connectivity index (χ0n) is 13.0. The number of anilines is 1. The minimum absolute atomic E-state index is 0.186. The lowest BCUT2D eigenvalue weighted by atomic mass is 10.2. The molecule has 0 saturated carbocycles. The molecule has 1 aromatic carbocycles. The molecule has 126 valence electrons. The van der Waals surface area contributed by atoms with Crippen LogP contribution >= 0.6 is 11.8 Å². The monoisotopic (exact) mass is 354 g/mol. The molecule has 2 amide bonds. The van der Waals surface area contributed by atoms with Gasteiger partial charge in [-0.3, -0.25) is 9.59 Å². The van der Waals surface area contributed by atoms with E-state index in [1.807, 2.05) is 0 Å². The van der Waals surface area contributed by atoms with E-state index >= 15 is 0 Å². The first kappa shape index (κ1) is 16.7. The Morgan fingerprint density at radius 3 is 2.48 bits per heavy atom. The Kier molecular flexibility index (Phi) is 5.10. The minimum Gasteiger partial charge on any atom is -0.463 e. The molecule has 0 bridgehead atoms. The summed E-state index contributed by atoms with van der Waals surface area (Å²) in [5.41, 5.74) is 6.78. The van der Waals surface area contributed by atoms with Gasteiger partial charge in [-0.05, 0) is 48.5 Å². The highest BCUT2D eigenvalue weighted by molar-refractivity contribution is 7.99. The van der Waals surface area contributed by atoms with E-state index in [1.165, 1.54) is 11.8 Å². The SMILES string of the molecule is NC(=O)c1ccc(NC(=O)CSc2ccc(-c3ccco3)nn2)cc1. The minimum atomic E-state index is -0.509. The smallest absolute Gasteiger partial charge is 0.248 e. The highest BCUT2D eigenvalue weighted by Crippen LogP contribution is 2.20. The number of carbonyl (C=O) groups excluding carboxylic acids is 2. The molecule has 2 aromatic heterocycles. The number of nitrogens with two attached hydrogens (primary N) is 1. The Morgan fingerprint density at radius 2 is 1.88 bits per heavy atom. The summed E-state index contributed by atoms with van der Waals surface area (Å²) in [5, 5.41) is 11.5. The van der Waals surface area contributed by atoms with Gasteiger partial charge in [0, 0.05) is 11.3 Å². The molecule has 3 rings (SSSR count). The molecular weight excluding hydrogens is 340 g/mol. The Bertz CT molecular complexity index is 862. The summed E-state index contributed by atoms with van der Waals surface area (Å²) in [7, 11) is 0. The van der Waals surface area contributed by atoms with Gasteiger partial charge in [0.15, 0.2) is 5.76 Å². The molecule has 0 spiro atoms. The van der Waals surface area contributed by atoms with Crippen LogP contribution in [0.5, 0.6) is 0 Å². The summed E-state index contributed by atoms with van der Waals surface area (Å²) in [6.07, 6.45) is 1.57. The summed E-state index contributed by atoms with van der Waals surface area (Å²) in [6.45, 7) is 0. The average molecular weight is 354 g/mol. The molecule has 0 saturated heterocycles. The molecule has 2 heterocycles. The molecule has 3 aromatic rings. The quantitative estimate of drug-likeness (QED) is 0.658. The van der Waals surface area contributed by atoms with E-state index in [4.69, 9.17) is 10.2 Å². The van der Waals surface area contributed by atoms with E-state index in [1.54, 1.807) is 54.8 Å². The van der Waals surface area contributed by atoms with Crippen molar-refractivity contribution in [3.63, 3.8) is 0 Å². The van der Waals surface area contributed by atoms with Crippen molar-refractivity contribution in [1.82, 2.24) is 10.2 Å². The van der Waals surface area contributed by atoms with Crippen LogP contribution in [0.3, 0.4) is 0 Å². The van der Waals surface area contributed by atoms with E-state index < -0.39 is 5.91 Å². The van der Waals surface area contributed by atoms with Crippen molar-refractivity contribution in [2.75, 3.05) is 11.1 Å². The van der Waals surface area contributed by atoms with Crippen LogP contribution in [0.4, 0.5) is 5.69 Å². The second kappa shape index (κ2) is 7.63. The van der Waals surface area contributed by atoms with Crippen LogP contribution in [0.15, 0.2) is 64.2 Å². The van der Waals surface area contributed by atoms with E-state index in [0.717, 1.165) is 0 Å². The number of benzene rings is 1. The lowest BCUT2D eigenvalue weighted by Crippen LogP contribution is -2.15. The molecule has 0 aliphatic rings. The normalized spacial score (nSPS) is 10.4. The van der Waals surface area contributed by atoms with Crippen LogP contribution in [0.25, 0.3) is 11.5 Å². The Balaban J connectivity index is 1.52. The fraction of sp³-hybridized carbons (Fsp3) is 0.0588. The molecule has 0 radical (unpaired) electrons. The van der Waals surface area contributed by atoms with Gasteiger partial charge < -0.3 is 15.5 Å². The number of thioether (sulfide) groups is 1. The molecule has 0 aliphatic carbocycles. The van der Waals surface area contributed by atoms with Crippen LogP contribution in [-0.4, -0.2) is 27.8 Å². The third-order valence-corrected chi connectivity index (χ3v) is 4.14. The average Bonchev–Trinajstić information content (AvgIpc) is 3.15. The maximum Gasteiger partial charge on any atom is 0.248 e. The number of rotatable bonds is 6. The summed E-state index contributed by atoms with van der Waals surface area (Å²) in [5.74, 6) is 0.131. The highest BCUT2D eigenvalue weighted by atomic mass is 32.2. The van der Waals surface area contributed by atoms with Gasteiger partial charge in [-0.2, -0.15) is 0 Å². The van der Waals surface area contributed by atoms with Crippen LogP contribution in [0, 0.1) is 0 Å². The summed E-state index contributed by atoms with van der Waals surface area (Å²) < 4.78 is 5.24. The zero-order chi connectivity index (χ0) is 17.6. The maximum atomic E-state index is 12.0. The number of carbonyl (C=O) groups is 2. The van der Waals surface area contributed by atoms with Gasteiger partial charge >= 0.3 is 0 Å². The van der Waals surface area contributed by atoms with E-state index in [-0.39, 0.29) is 11.7 Å². The first-order chi connectivity index (χ1) is 12.1. The number of nitrogens with one attached hydrogen (secondary N) is 1. The maximum absolute atomic E-state index is 12.0. The lowest BCUT2D eigenvalue weighted by molar-refractivity contribution is -0.113. The number of nitrogens with zero attached hydrogens (tertiary/aromatic N) is 2. The van der Waals surface area contributed by atoms with Gasteiger partial charge in [-0.15, -0.1) is 10.2 Å². The molecule has 0 aliphatic heterocycles. The molecular formula is C17H14N4O3S. The summed E-state index contributed by atoms with van der Waals surface area (Å²) in [6, 6.07) is 13.5. The van der Waals surface area contributed by atoms with Gasteiger partial charge in [-0.1, -0.05) is 11.8 Å². The largest absolute Gasteiger partial charge is 0.463 e. The van der Waals surface area contributed by atoms with Crippen molar-refractivity contribution in [3.05, 3.63) is 60.4 Å². The van der Waals surface area contributed by atoms with Crippen LogP contribution in [0.2, 0.25) is 0 Å². The van der Waals surface area contributed by atoms with Crippen molar-refractivity contribution in [2.45, 2.75) is 5.03 Å². The molecule has 3 N–H and O–H groups in total. The topological polar surface area (TPSA) is 111 Å². The van der Waals surface area contributed by atoms with Crippen molar-refractivity contribution >= 4 is 29.3 Å². The van der Waals surface area contributed by atoms with E-state index in [2.05, 4.69) is 15.5 Å². The van der Waals surface area contributed by atoms with Gasteiger partial charge in [0.1, 0.15) is 10.7 Å². The number of furan rings is 1. The second-order valence-electron chi connectivity index (χ2n) is 5.01. The fourth-order valence-corrected chi connectivity index (χ4v) is 2.62. The first-order valence-corrected chi connectivity index (χ1v) is 8.30. The second-order valence-corrected chi connectivity index (χ2v) is 6.01. The predicted molar refractivity (Wildman–Crippen MR) is 94.0 cm³/mol. The third kappa shape index (κ3) is 4.45. The lowest BCUT2D eigenvalue weighted by Gasteiger charge is -2.05. The van der Waals surface area contributed by atoms with Gasteiger partial charge in [0.25, 0.3) is 0 Å². The summed E-state index contributed by atoms with van der Waals surface area (Å²) >= 11 is 1.27. The molecule has 0 unspecified atom stereocenters. The van der Waals surface area contributed by atoms with E-state index in [0.29, 0.717) is 27.7 Å². The van der Waals surface area contributed by atoms with Crippen LogP contribution in [-0.2, 0) is 4.79 Å². The third-order valence-electron chi connectivity index (χ3n) is 3.22. The molecule has 0 fully saturated rings. The Morgan fingerprint density at radius 1 is 1.08 bits per heavy atom. The van der Waals surface area contributed by atoms with Gasteiger partial charge in [-0.25, -0.2) is 0 Å². The summed E-state index contributed by atoms with van der Waals surface area (Å²) in [4.78, 5) is 23.0. The predicted octanol–water partition coefficient (Wildman–Crippen LogP) is 2.57. The molecule has 8 heteroatoms. The molecule has 0 atom stereocenters. The van der Waals surface area contributed by atoms with Crippen LogP contribution in [0.1, 0.15) is 10.4 Å². The van der Waals surface area contributed by atoms with E-state index in [9.17, 15) is 9.59 Å². The number of amides is 2. The van der Waals surface area contributed by atoms with Gasteiger partial charge in [0.05, 0.1) is 12.0 Å². The van der Waals surface area contributed by atoms with Crippen molar-refractivity contribution in [2.24, 2.45) is 5.73 Å². The number of primary amides is 1. The highest BCUT2D eigenvalue weighted by Gasteiger charge is 2.08. The number of aromatic nitrogens is 2. The Labute approximate surface area is 147 Å². The Hall–Kier alpha value is -3.13. The molecule has 7 nitrogen and oxygen atoms in total.